The summed E-state index contributed by atoms with van der Waals surface area (Å²) in [5, 5.41) is 8.00. The topological polar surface area (TPSA) is 71.5 Å². The van der Waals surface area contributed by atoms with Gasteiger partial charge in [-0.1, -0.05) is 24.3 Å². The molecule has 0 aliphatic heterocycles. The molecule has 0 unspecified atom stereocenters. The summed E-state index contributed by atoms with van der Waals surface area (Å²) in [5.74, 6) is 0.460. The van der Waals surface area contributed by atoms with Crippen molar-refractivity contribution >= 4 is 17.1 Å². The molecule has 96 valence electrons. The third-order valence-electron chi connectivity index (χ3n) is 2.54. The molecule has 0 saturated heterocycles. The number of nitrogens with one attached hydrogen (secondary N) is 1. The van der Waals surface area contributed by atoms with Crippen LogP contribution in [-0.4, -0.2) is 20.2 Å². The number of aromatic amines is 1. The Morgan fingerprint density at radius 3 is 2.89 bits per heavy atom. The van der Waals surface area contributed by atoms with Crippen LogP contribution in [-0.2, 0) is 0 Å². The van der Waals surface area contributed by atoms with Gasteiger partial charge < -0.3 is 4.98 Å². The van der Waals surface area contributed by atoms with Crippen LogP contribution in [0, 0.1) is 0 Å². The summed E-state index contributed by atoms with van der Waals surface area (Å²) in [6, 6.07) is 1.60. The number of fused-ring (bicyclic) bond motifs is 1. The number of H-pyrrole nitrogens is 1. The van der Waals surface area contributed by atoms with E-state index >= 15 is 0 Å². The molecule has 0 bridgehead atoms. The van der Waals surface area contributed by atoms with Crippen molar-refractivity contribution in [3.8, 4) is 0 Å². The number of aromatic nitrogens is 4. The number of hydrogen-bond acceptors (Lipinski definition) is 4. The van der Waals surface area contributed by atoms with Gasteiger partial charge >= 0.3 is 0 Å². The molecule has 2 aromatic heterocycles. The van der Waals surface area contributed by atoms with Crippen LogP contribution >= 0.6 is 0 Å². The first-order valence-electron chi connectivity index (χ1n) is 5.93. The Morgan fingerprint density at radius 2 is 2.16 bits per heavy atom. The molecule has 2 rings (SSSR count). The van der Waals surface area contributed by atoms with Crippen molar-refractivity contribution in [3.05, 3.63) is 58.3 Å². The SMILES string of the molecule is CC=CC(=CC)/C=C/c1nc2nnccc2c(=O)[nH]1. The second kappa shape index (κ2) is 5.86. The van der Waals surface area contributed by atoms with Gasteiger partial charge in [0.2, 0.25) is 0 Å². The molecule has 1 N–H and O–H groups in total. The molecule has 0 atom stereocenters. The molecule has 2 aromatic rings. The van der Waals surface area contributed by atoms with Crippen LogP contribution in [0.25, 0.3) is 17.1 Å². The maximum absolute atomic E-state index is 11.8. The maximum Gasteiger partial charge on any atom is 0.260 e. The zero-order valence-corrected chi connectivity index (χ0v) is 10.8. The van der Waals surface area contributed by atoms with Crippen LogP contribution in [0.1, 0.15) is 19.7 Å². The average Bonchev–Trinajstić information content (AvgIpc) is 2.43. The molecule has 0 aromatic carbocycles. The monoisotopic (exact) mass is 254 g/mol. The van der Waals surface area contributed by atoms with Gasteiger partial charge in [-0.3, -0.25) is 4.79 Å². The van der Waals surface area contributed by atoms with Crippen LogP contribution in [0.3, 0.4) is 0 Å². The van der Waals surface area contributed by atoms with Gasteiger partial charge in [0.05, 0.1) is 11.6 Å². The third-order valence-corrected chi connectivity index (χ3v) is 2.54. The minimum Gasteiger partial charge on any atom is -0.306 e. The van der Waals surface area contributed by atoms with Gasteiger partial charge in [0.1, 0.15) is 5.82 Å². The van der Waals surface area contributed by atoms with E-state index in [1.165, 1.54) is 6.20 Å². The van der Waals surface area contributed by atoms with Gasteiger partial charge in [0.25, 0.3) is 5.56 Å². The molecule has 0 fully saturated rings. The first-order chi connectivity index (χ1) is 9.24. The quantitative estimate of drug-likeness (QED) is 0.853. The summed E-state index contributed by atoms with van der Waals surface area (Å²) in [7, 11) is 0. The Bertz CT molecular complexity index is 726. The van der Waals surface area contributed by atoms with E-state index in [0.717, 1.165) is 5.57 Å². The predicted octanol–water partition coefficient (Wildman–Crippen LogP) is 2.25. The first-order valence-corrected chi connectivity index (χ1v) is 5.93. The Kier molecular flexibility index (Phi) is 3.97. The normalized spacial score (nSPS) is 12.8. The first kappa shape index (κ1) is 12.9. The third kappa shape index (κ3) is 3.01. The lowest BCUT2D eigenvalue weighted by molar-refractivity contribution is 1.02. The molecular weight excluding hydrogens is 240 g/mol. The van der Waals surface area contributed by atoms with Crippen molar-refractivity contribution in [2.45, 2.75) is 13.8 Å². The summed E-state index contributed by atoms with van der Waals surface area (Å²) in [6.07, 6.45) is 11.0. The largest absolute Gasteiger partial charge is 0.306 e. The van der Waals surface area contributed by atoms with Gasteiger partial charge in [-0.25, -0.2) is 4.98 Å². The fourth-order valence-electron chi connectivity index (χ4n) is 1.60. The van der Waals surface area contributed by atoms with Crippen LogP contribution in [0.4, 0.5) is 0 Å². The van der Waals surface area contributed by atoms with E-state index in [9.17, 15) is 4.79 Å². The van der Waals surface area contributed by atoms with Crippen molar-refractivity contribution in [1.29, 1.82) is 0 Å². The Balaban J connectivity index is 2.42. The molecule has 0 spiro atoms. The lowest BCUT2D eigenvalue weighted by Crippen LogP contribution is -2.10. The standard InChI is InChI=1S/C14H14N4O/c1-3-5-10(4-2)6-7-12-16-13-11(14(19)17-12)8-9-15-18-13/h3-9H,1-2H3,(H,16,17,18,19)/b5-3?,7-6+,10-4?. The number of nitrogens with zero attached hydrogens (tertiary/aromatic N) is 3. The summed E-state index contributed by atoms with van der Waals surface area (Å²) in [4.78, 5) is 18.7. The Morgan fingerprint density at radius 1 is 1.32 bits per heavy atom. The number of rotatable bonds is 3. The lowest BCUT2D eigenvalue weighted by Gasteiger charge is -1.97. The summed E-state index contributed by atoms with van der Waals surface area (Å²) < 4.78 is 0. The Hall–Kier alpha value is -2.56. The number of hydrogen-bond donors (Lipinski definition) is 1. The highest BCUT2D eigenvalue weighted by atomic mass is 16.1. The van der Waals surface area contributed by atoms with Crippen molar-refractivity contribution in [2.24, 2.45) is 0 Å². The van der Waals surface area contributed by atoms with E-state index in [-0.39, 0.29) is 5.56 Å². The van der Waals surface area contributed by atoms with Crippen LogP contribution in [0.2, 0.25) is 0 Å². The average molecular weight is 254 g/mol. The smallest absolute Gasteiger partial charge is 0.260 e. The molecule has 2 heterocycles. The summed E-state index contributed by atoms with van der Waals surface area (Å²) >= 11 is 0. The van der Waals surface area contributed by atoms with Gasteiger partial charge in [-0.05, 0) is 31.6 Å². The highest BCUT2D eigenvalue weighted by Gasteiger charge is 2.02. The van der Waals surface area contributed by atoms with Gasteiger partial charge in [0.15, 0.2) is 5.65 Å². The zero-order chi connectivity index (χ0) is 13.7. The molecule has 0 radical (unpaired) electrons. The second-order valence-electron chi connectivity index (χ2n) is 3.84. The van der Waals surface area contributed by atoms with E-state index in [1.54, 1.807) is 12.1 Å². The van der Waals surface area contributed by atoms with E-state index in [1.807, 2.05) is 38.2 Å². The molecule has 0 aliphatic carbocycles. The van der Waals surface area contributed by atoms with Crippen LogP contribution in [0.5, 0.6) is 0 Å². The van der Waals surface area contributed by atoms with Crippen molar-refractivity contribution in [3.63, 3.8) is 0 Å². The van der Waals surface area contributed by atoms with Crippen molar-refractivity contribution in [1.82, 2.24) is 20.2 Å². The fraction of sp³-hybridized carbons (Fsp3) is 0.143. The summed E-state index contributed by atoms with van der Waals surface area (Å²) in [6.45, 7) is 3.89. The molecule has 5 heteroatoms. The van der Waals surface area contributed by atoms with E-state index in [4.69, 9.17) is 0 Å². The van der Waals surface area contributed by atoms with Crippen molar-refractivity contribution < 1.29 is 0 Å². The summed E-state index contributed by atoms with van der Waals surface area (Å²) in [5.41, 5.74) is 1.16. The lowest BCUT2D eigenvalue weighted by atomic mass is 10.2. The molecule has 0 aliphatic rings. The van der Waals surface area contributed by atoms with Crippen molar-refractivity contribution in [2.75, 3.05) is 0 Å². The van der Waals surface area contributed by atoms with Gasteiger partial charge in [-0.15, -0.1) is 5.10 Å². The van der Waals surface area contributed by atoms with Crippen LogP contribution < -0.4 is 5.56 Å². The van der Waals surface area contributed by atoms with Gasteiger partial charge in [-0.2, -0.15) is 5.10 Å². The molecular formula is C14H14N4O. The minimum absolute atomic E-state index is 0.215. The highest BCUT2D eigenvalue weighted by Crippen LogP contribution is 2.05. The molecule has 0 saturated carbocycles. The van der Waals surface area contributed by atoms with E-state index in [0.29, 0.717) is 16.9 Å². The fourth-order valence-corrected chi connectivity index (χ4v) is 1.60. The van der Waals surface area contributed by atoms with E-state index < -0.39 is 0 Å². The Labute approximate surface area is 110 Å². The van der Waals surface area contributed by atoms with E-state index in [2.05, 4.69) is 20.2 Å². The predicted molar refractivity (Wildman–Crippen MR) is 75.6 cm³/mol. The molecule has 5 nitrogen and oxygen atoms in total. The molecule has 19 heavy (non-hydrogen) atoms. The molecule has 0 amide bonds. The van der Waals surface area contributed by atoms with Crippen LogP contribution in [0.15, 0.2) is 46.9 Å². The van der Waals surface area contributed by atoms with Gasteiger partial charge in [0, 0.05) is 0 Å². The minimum atomic E-state index is -0.215. The highest BCUT2D eigenvalue weighted by molar-refractivity contribution is 5.73. The maximum atomic E-state index is 11.8. The second-order valence-corrected chi connectivity index (χ2v) is 3.84. The number of allylic oxidation sites excluding steroid dienone is 5. The zero-order valence-electron chi connectivity index (χ0n) is 10.8.